The Bertz CT molecular complexity index is 572. The quantitative estimate of drug-likeness (QED) is 0.842. The molecule has 0 atom stereocenters. The van der Waals surface area contributed by atoms with E-state index in [0.29, 0.717) is 5.56 Å². The van der Waals surface area contributed by atoms with Crippen LogP contribution >= 0.6 is 0 Å². The molecule has 0 aliphatic carbocycles. The minimum absolute atomic E-state index is 0.0939. The molecule has 0 radical (unpaired) electrons. The smallest absolute Gasteiger partial charge is 0.227 e. The molecule has 0 amide bonds. The molecule has 102 valence electrons. The standard InChI is InChI=1S/C12H8F3N5/c13-12(14,15)2-1-11(7-17,8-18)3-9-5-19-10(4-16)20-6-9/h5-6H,1-3H2. The lowest BCUT2D eigenvalue weighted by molar-refractivity contribution is -0.138. The number of aromatic nitrogens is 2. The van der Waals surface area contributed by atoms with E-state index in [1.165, 1.54) is 12.4 Å². The van der Waals surface area contributed by atoms with Crippen molar-refractivity contribution in [2.24, 2.45) is 5.41 Å². The third-order valence-corrected chi connectivity index (χ3v) is 2.57. The van der Waals surface area contributed by atoms with Crippen LogP contribution in [0.3, 0.4) is 0 Å². The lowest BCUT2D eigenvalue weighted by Gasteiger charge is -2.19. The van der Waals surface area contributed by atoms with Crippen LogP contribution in [0.5, 0.6) is 0 Å². The fourth-order valence-corrected chi connectivity index (χ4v) is 1.51. The Morgan fingerprint density at radius 3 is 1.95 bits per heavy atom. The first-order valence-corrected chi connectivity index (χ1v) is 5.44. The molecule has 0 aromatic carbocycles. The highest BCUT2D eigenvalue weighted by Gasteiger charge is 2.37. The number of hydrogen-bond acceptors (Lipinski definition) is 5. The van der Waals surface area contributed by atoms with Crippen molar-refractivity contribution in [2.75, 3.05) is 0 Å². The van der Waals surface area contributed by atoms with Crippen LogP contribution in [0.4, 0.5) is 13.2 Å². The van der Waals surface area contributed by atoms with Gasteiger partial charge in [-0.25, -0.2) is 9.97 Å². The molecule has 5 nitrogen and oxygen atoms in total. The minimum Gasteiger partial charge on any atom is -0.227 e. The zero-order valence-corrected chi connectivity index (χ0v) is 10.1. The van der Waals surface area contributed by atoms with Crippen LogP contribution in [0.15, 0.2) is 12.4 Å². The van der Waals surface area contributed by atoms with E-state index in [1.54, 1.807) is 18.2 Å². The summed E-state index contributed by atoms with van der Waals surface area (Å²) in [5, 5.41) is 26.5. The van der Waals surface area contributed by atoms with Crippen molar-refractivity contribution < 1.29 is 13.2 Å². The third-order valence-electron chi connectivity index (χ3n) is 2.57. The van der Waals surface area contributed by atoms with Crippen molar-refractivity contribution in [3.8, 4) is 18.2 Å². The Balaban J connectivity index is 2.89. The summed E-state index contributed by atoms with van der Waals surface area (Å²) in [4.78, 5) is 7.29. The first-order chi connectivity index (χ1) is 9.34. The molecule has 0 spiro atoms. The highest BCUT2D eigenvalue weighted by atomic mass is 19.4. The van der Waals surface area contributed by atoms with Gasteiger partial charge in [-0.05, 0) is 12.0 Å². The summed E-state index contributed by atoms with van der Waals surface area (Å²) in [6, 6.07) is 4.96. The summed E-state index contributed by atoms with van der Waals surface area (Å²) in [7, 11) is 0. The van der Waals surface area contributed by atoms with Crippen LogP contribution in [0.1, 0.15) is 24.2 Å². The van der Waals surface area contributed by atoms with Crippen LogP contribution < -0.4 is 0 Å². The molecule has 0 bridgehead atoms. The van der Waals surface area contributed by atoms with E-state index in [2.05, 4.69) is 9.97 Å². The van der Waals surface area contributed by atoms with Crippen molar-refractivity contribution in [1.82, 2.24) is 9.97 Å². The Morgan fingerprint density at radius 1 is 1.00 bits per heavy atom. The van der Waals surface area contributed by atoms with Gasteiger partial charge in [0.05, 0.1) is 12.1 Å². The van der Waals surface area contributed by atoms with Gasteiger partial charge in [0.15, 0.2) is 0 Å². The molecule has 0 unspecified atom stereocenters. The van der Waals surface area contributed by atoms with Crippen molar-refractivity contribution in [1.29, 1.82) is 15.8 Å². The summed E-state index contributed by atoms with van der Waals surface area (Å²) in [5.74, 6) is -0.0939. The van der Waals surface area contributed by atoms with Gasteiger partial charge in [-0.15, -0.1) is 0 Å². The molecule has 20 heavy (non-hydrogen) atoms. The number of rotatable bonds is 4. The Kier molecular flexibility index (Phi) is 4.61. The molecule has 0 aliphatic rings. The van der Waals surface area contributed by atoms with Crippen LogP contribution in [-0.4, -0.2) is 16.1 Å². The first-order valence-electron chi connectivity index (χ1n) is 5.44. The van der Waals surface area contributed by atoms with Gasteiger partial charge in [-0.1, -0.05) is 0 Å². The summed E-state index contributed by atoms with van der Waals surface area (Å²) in [5.41, 5.74) is -1.46. The molecule has 0 aliphatic heterocycles. The second kappa shape index (κ2) is 5.99. The summed E-state index contributed by atoms with van der Waals surface area (Å²) >= 11 is 0. The number of halogens is 3. The lowest BCUT2D eigenvalue weighted by Crippen LogP contribution is -2.23. The van der Waals surface area contributed by atoms with Gasteiger partial charge in [0.2, 0.25) is 5.82 Å². The van der Waals surface area contributed by atoms with Crippen LogP contribution in [0, 0.1) is 39.4 Å². The topological polar surface area (TPSA) is 97.1 Å². The van der Waals surface area contributed by atoms with Crippen molar-refractivity contribution >= 4 is 0 Å². The average molecular weight is 279 g/mol. The predicted molar refractivity (Wildman–Crippen MR) is 59.4 cm³/mol. The van der Waals surface area contributed by atoms with Crippen LogP contribution in [0.2, 0.25) is 0 Å². The zero-order chi connectivity index (χ0) is 15.2. The van der Waals surface area contributed by atoms with Gasteiger partial charge in [-0.2, -0.15) is 29.0 Å². The Hall–Kier alpha value is -2.66. The van der Waals surface area contributed by atoms with Gasteiger partial charge >= 0.3 is 6.18 Å². The molecular weight excluding hydrogens is 271 g/mol. The summed E-state index contributed by atoms with van der Waals surface area (Å²) in [6.07, 6.45) is -4.04. The molecule has 1 aromatic rings. The van der Waals surface area contributed by atoms with E-state index in [0.717, 1.165) is 0 Å². The van der Waals surface area contributed by atoms with E-state index in [4.69, 9.17) is 15.8 Å². The monoisotopic (exact) mass is 279 g/mol. The van der Waals surface area contributed by atoms with Crippen LogP contribution in [0.25, 0.3) is 0 Å². The maximum atomic E-state index is 12.2. The highest BCUT2D eigenvalue weighted by molar-refractivity contribution is 5.22. The first kappa shape index (κ1) is 15.4. The Morgan fingerprint density at radius 2 is 1.55 bits per heavy atom. The number of alkyl halides is 3. The molecular formula is C12H8F3N5. The predicted octanol–water partition coefficient (Wildman–Crippen LogP) is 2.27. The maximum absolute atomic E-state index is 12.2. The lowest BCUT2D eigenvalue weighted by atomic mass is 9.81. The normalized spacial score (nSPS) is 11.2. The van der Waals surface area contributed by atoms with E-state index in [-0.39, 0.29) is 12.2 Å². The number of nitriles is 3. The second-order valence-electron chi connectivity index (χ2n) is 4.12. The fraction of sp³-hybridized carbons (Fsp3) is 0.417. The van der Waals surface area contributed by atoms with Gasteiger partial charge < -0.3 is 0 Å². The van der Waals surface area contributed by atoms with Crippen LogP contribution in [-0.2, 0) is 6.42 Å². The van der Waals surface area contributed by atoms with E-state index in [9.17, 15) is 13.2 Å². The van der Waals surface area contributed by atoms with Gasteiger partial charge in [0.25, 0.3) is 0 Å². The molecule has 8 heteroatoms. The third kappa shape index (κ3) is 4.22. The fourth-order valence-electron chi connectivity index (χ4n) is 1.51. The van der Waals surface area contributed by atoms with Crippen molar-refractivity contribution in [2.45, 2.75) is 25.4 Å². The van der Waals surface area contributed by atoms with E-state index < -0.39 is 24.4 Å². The van der Waals surface area contributed by atoms with Crippen molar-refractivity contribution in [3.05, 3.63) is 23.8 Å². The van der Waals surface area contributed by atoms with Gasteiger partial charge in [-0.3, -0.25) is 0 Å². The van der Waals surface area contributed by atoms with E-state index >= 15 is 0 Å². The number of hydrogen-bond donors (Lipinski definition) is 0. The summed E-state index contributed by atoms with van der Waals surface area (Å²) < 4.78 is 36.6. The highest BCUT2D eigenvalue weighted by Crippen LogP contribution is 2.32. The number of nitrogens with zero attached hydrogens (tertiary/aromatic N) is 5. The molecule has 1 heterocycles. The second-order valence-corrected chi connectivity index (χ2v) is 4.12. The Labute approximate surface area is 112 Å². The molecule has 0 saturated heterocycles. The average Bonchev–Trinajstić information content (AvgIpc) is 2.43. The van der Waals surface area contributed by atoms with Crippen molar-refractivity contribution in [3.63, 3.8) is 0 Å². The zero-order valence-electron chi connectivity index (χ0n) is 10.1. The summed E-state index contributed by atoms with van der Waals surface area (Å²) in [6.45, 7) is 0. The molecule has 1 rings (SSSR count). The SMILES string of the molecule is N#Cc1ncc(CC(C#N)(C#N)CCC(F)(F)F)cn1. The van der Waals surface area contributed by atoms with Gasteiger partial charge in [0, 0.05) is 25.2 Å². The van der Waals surface area contributed by atoms with Gasteiger partial charge in [0.1, 0.15) is 11.5 Å². The van der Waals surface area contributed by atoms with E-state index in [1.807, 2.05) is 0 Å². The molecule has 0 fully saturated rings. The maximum Gasteiger partial charge on any atom is 0.389 e. The minimum atomic E-state index is -4.43. The molecule has 1 aromatic heterocycles. The largest absolute Gasteiger partial charge is 0.389 e. The molecule has 0 N–H and O–H groups in total. The molecule has 0 saturated carbocycles.